The van der Waals surface area contributed by atoms with E-state index in [0.717, 1.165) is 0 Å². The molecular weight excluding hydrogens is 1010 g/mol. The molecular formula is W5Zr. The van der Waals surface area contributed by atoms with Gasteiger partial charge < -0.3 is 0 Å². The van der Waals surface area contributed by atoms with Crippen LogP contribution in [0.2, 0.25) is 0 Å². The van der Waals surface area contributed by atoms with E-state index in [1.807, 2.05) is 0 Å². The summed E-state index contributed by atoms with van der Waals surface area (Å²) in [5.74, 6) is 0. The summed E-state index contributed by atoms with van der Waals surface area (Å²) in [5.41, 5.74) is 0. The molecule has 0 aliphatic carbocycles. The maximum Gasteiger partial charge on any atom is 0 e. The quantitative estimate of drug-likeness (QED) is 0.321. The predicted octanol–water partition coefficient (Wildman–Crippen LogP) is -0.0150. The maximum atomic E-state index is 0. The summed E-state index contributed by atoms with van der Waals surface area (Å²) < 4.78 is 0. The Morgan fingerprint density at radius 3 is 0.333 bits per heavy atom. The Kier molecular flexibility index (Phi) is 276. The van der Waals surface area contributed by atoms with Crippen LogP contribution in [0.5, 0.6) is 0 Å². The first-order chi connectivity index (χ1) is 0. The summed E-state index contributed by atoms with van der Waals surface area (Å²) in [4.78, 5) is 0. The standard InChI is InChI=1S/5W.Zr. The molecule has 0 rings (SSSR count). The normalized spacial score (nSPS) is 0. The fraction of sp³-hybridized carbons (Fsp3) is 0. The largest absolute Gasteiger partial charge is 0 e. The van der Waals surface area contributed by atoms with E-state index in [2.05, 4.69) is 0 Å². The van der Waals surface area contributed by atoms with Gasteiger partial charge in [0.25, 0.3) is 0 Å². The van der Waals surface area contributed by atoms with Crippen molar-refractivity contribution in [2.24, 2.45) is 0 Å². The second-order valence-electron chi connectivity index (χ2n) is 0. The van der Waals surface area contributed by atoms with Crippen LogP contribution < -0.4 is 0 Å². The van der Waals surface area contributed by atoms with E-state index in [4.69, 9.17) is 0 Å². The Morgan fingerprint density at radius 2 is 0.333 bits per heavy atom. The van der Waals surface area contributed by atoms with Crippen molar-refractivity contribution in [3.63, 3.8) is 0 Å². The van der Waals surface area contributed by atoms with E-state index in [9.17, 15) is 0 Å². The molecule has 0 unspecified atom stereocenters. The molecule has 6 heavy (non-hydrogen) atoms. The van der Waals surface area contributed by atoms with Crippen molar-refractivity contribution in [3.8, 4) is 0 Å². The number of rotatable bonds is 0. The van der Waals surface area contributed by atoms with Crippen LogP contribution in [0.3, 0.4) is 0 Å². The zero-order chi connectivity index (χ0) is 0. The van der Waals surface area contributed by atoms with Crippen LogP contribution in [-0.4, -0.2) is 0 Å². The van der Waals surface area contributed by atoms with E-state index in [1.165, 1.54) is 0 Å². The van der Waals surface area contributed by atoms with Crippen LogP contribution in [0, 0.1) is 0 Å². The Hall–Kier alpha value is 4.32. The summed E-state index contributed by atoms with van der Waals surface area (Å²) >= 11 is 0. The summed E-state index contributed by atoms with van der Waals surface area (Å²) in [6.45, 7) is 0. The second kappa shape index (κ2) is 34.6. The molecule has 0 saturated carbocycles. The summed E-state index contributed by atoms with van der Waals surface area (Å²) in [5, 5.41) is 0. The van der Waals surface area contributed by atoms with Gasteiger partial charge in [-0.25, -0.2) is 0 Å². The Morgan fingerprint density at radius 1 is 0.333 bits per heavy atom. The third-order valence-electron chi connectivity index (χ3n) is 0. The average Bonchev–Trinajstić information content (AvgIpc) is 0. The summed E-state index contributed by atoms with van der Waals surface area (Å²) in [6.07, 6.45) is 0. The van der Waals surface area contributed by atoms with Crippen LogP contribution in [-0.2, 0) is 132 Å². The maximum absolute atomic E-state index is 0. The molecule has 0 heterocycles. The zero-order valence-electron chi connectivity index (χ0n) is 2.54. The van der Waals surface area contributed by atoms with Gasteiger partial charge in [-0.15, -0.1) is 0 Å². The van der Waals surface area contributed by atoms with Gasteiger partial charge in [-0.2, -0.15) is 0 Å². The molecule has 0 amide bonds. The van der Waals surface area contributed by atoms with Gasteiger partial charge >= 0.3 is 0 Å². The van der Waals surface area contributed by atoms with Crippen LogP contribution in [0.1, 0.15) is 0 Å². The van der Waals surface area contributed by atoms with Crippen molar-refractivity contribution in [1.82, 2.24) is 0 Å². The summed E-state index contributed by atoms with van der Waals surface area (Å²) in [7, 11) is 0. The Bertz CT molecular complexity index is 3.90. The SMILES string of the molecule is [W].[W].[W].[W].[W].[Zr]. The van der Waals surface area contributed by atoms with Crippen molar-refractivity contribution >= 4 is 0 Å². The first kappa shape index (κ1) is 48.0. The molecule has 34 valence electrons. The van der Waals surface area contributed by atoms with Gasteiger partial charge in [-0.3, -0.25) is 0 Å². The molecule has 0 aromatic carbocycles. The van der Waals surface area contributed by atoms with Crippen LogP contribution in [0.25, 0.3) is 0 Å². The third-order valence-corrected chi connectivity index (χ3v) is 0. The molecule has 0 aromatic rings. The number of hydrogen-bond donors (Lipinski definition) is 0. The molecule has 0 fully saturated rings. The molecule has 0 N–H and O–H groups in total. The molecule has 0 spiro atoms. The molecule has 0 radical (unpaired) electrons. The van der Waals surface area contributed by atoms with Gasteiger partial charge in [-0.05, 0) is 0 Å². The minimum absolute atomic E-state index is 0. The first-order valence-electron chi connectivity index (χ1n) is 0. The minimum Gasteiger partial charge on any atom is 0 e. The van der Waals surface area contributed by atoms with Gasteiger partial charge in [0.1, 0.15) is 0 Å². The van der Waals surface area contributed by atoms with Crippen molar-refractivity contribution in [2.75, 3.05) is 0 Å². The predicted molar refractivity (Wildman–Crippen MR) is 0 cm³/mol. The van der Waals surface area contributed by atoms with Crippen LogP contribution in [0.15, 0.2) is 0 Å². The molecule has 0 atom stereocenters. The van der Waals surface area contributed by atoms with E-state index in [0.29, 0.717) is 0 Å². The van der Waals surface area contributed by atoms with Crippen molar-refractivity contribution in [1.29, 1.82) is 0 Å². The fourth-order valence-corrected chi connectivity index (χ4v) is 0. The van der Waals surface area contributed by atoms with Crippen LogP contribution in [0.4, 0.5) is 0 Å². The van der Waals surface area contributed by atoms with Gasteiger partial charge in [0, 0.05) is 132 Å². The van der Waals surface area contributed by atoms with Crippen molar-refractivity contribution < 1.29 is 132 Å². The average molecular weight is 1010 g/mol. The molecule has 0 aliphatic heterocycles. The monoisotopic (exact) mass is 1010 g/mol. The Balaban J connectivity index is 0. The van der Waals surface area contributed by atoms with Gasteiger partial charge in [-0.1, -0.05) is 0 Å². The summed E-state index contributed by atoms with van der Waals surface area (Å²) in [6, 6.07) is 0. The smallest absolute Gasteiger partial charge is 0 e. The van der Waals surface area contributed by atoms with E-state index in [1.54, 1.807) is 0 Å². The molecule has 0 nitrogen and oxygen atoms in total. The molecule has 0 aliphatic rings. The van der Waals surface area contributed by atoms with Crippen LogP contribution >= 0.6 is 0 Å². The zero-order valence-corrected chi connectivity index (χ0v) is 19.7. The molecule has 0 aromatic heterocycles. The van der Waals surface area contributed by atoms with E-state index < -0.39 is 0 Å². The van der Waals surface area contributed by atoms with E-state index in [-0.39, 0.29) is 132 Å². The van der Waals surface area contributed by atoms with Crippen molar-refractivity contribution in [3.05, 3.63) is 0 Å². The van der Waals surface area contributed by atoms with Gasteiger partial charge in [0.2, 0.25) is 0 Å². The Labute approximate surface area is 129 Å². The van der Waals surface area contributed by atoms with E-state index >= 15 is 0 Å². The molecule has 0 saturated heterocycles. The fourth-order valence-electron chi connectivity index (χ4n) is 0. The minimum atomic E-state index is 0. The molecule has 0 bridgehead atoms. The third kappa shape index (κ3) is 23.9. The van der Waals surface area contributed by atoms with Crippen molar-refractivity contribution in [2.45, 2.75) is 0 Å². The van der Waals surface area contributed by atoms with Gasteiger partial charge in [0.15, 0.2) is 0 Å². The van der Waals surface area contributed by atoms with Gasteiger partial charge in [0.05, 0.1) is 0 Å². The molecule has 6 heteroatoms. The second-order valence-corrected chi connectivity index (χ2v) is 0. The number of hydrogen-bond acceptors (Lipinski definition) is 0. The first-order valence-corrected chi connectivity index (χ1v) is 0. The topological polar surface area (TPSA) is 0 Å².